The van der Waals surface area contributed by atoms with Gasteiger partial charge in [0.05, 0.1) is 6.54 Å². The molecule has 2 aromatic rings. The molecule has 8 heteroatoms. The van der Waals surface area contributed by atoms with E-state index < -0.39 is 5.66 Å². The maximum absolute atomic E-state index is 13.1. The van der Waals surface area contributed by atoms with Gasteiger partial charge in [0.15, 0.2) is 0 Å². The zero-order chi connectivity index (χ0) is 21.1. The predicted octanol–water partition coefficient (Wildman–Crippen LogP) is 1.99. The zero-order valence-electron chi connectivity index (χ0n) is 16.3. The number of hydrogen-bond donors (Lipinski definition) is 2. The van der Waals surface area contributed by atoms with Crippen LogP contribution >= 0.6 is 0 Å². The fraction of sp³-hybridized carbons (Fsp3) is 0.318. The molecule has 2 aliphatic rings. The Hall–Kier alpha value is -3.13. The van der Waals surface area contributed by atoms with E-state index in [-0.39, 0.29) is 30.0 Å². The smallest absolute Gasteiger partial charge is 0.272 e. The molecule has 2 aliphatic heterocycles. The van der Waals surface area contributed by atoms with Crippen LogP contribution in [0.15, 0.2) is 53.5 Å². The summed E-state index contributed by atoms with van der Waals surface area (Å²) in [5.74, 6) is -1.04. The number of nitrogens with zero attached hydrogens (tertiary/aromatic N) is 2. The number of rotatable bonds is 5. The zero-order valence-corrected chi connectivity index (χ0v) is 16.3. The van der Waals surface area contributed by atoms with Crippen LogP contribution in [0.1, 0.15) is 24.0 Å². The fourth-order valence-electron chi connectivity index (χ4n) is 3.75. The van der Waals surface area contributed by atoms with E-state index in [0.29, 0.717) is 43.8 Å². The number of piperidine rings is 1. The SMILES string of the molecule is O=C(CN1CCC2(CC1)N=C(c1ccc(F)cc1)C(=O)N2)NCc1ccc(F)cc1. The van der Waals surface area contributed by atoms with Crippen molar-refractivity contribution in [2.75, 3.05) is 19.6 Å². The Morgan fingerprint density at radius 3 is 2.27 bits per heavy atom. The van der Waals surface area contributed by atoms with Gasteiger partial charge in [-0.25, -0.2) is 8.78 Å². The third-order valence-corrected chi connectivity index (χ3v) is 5.46. The molecular formula is C22H22F2N4O2. The number of hydrogen-bond acceptors (Lipinski definition) is 4. The summed E-state index contributed by atoms with van der Waals surface area (Å²) >= 11 is 0. The standard InChI is InChI=1S/C22H22F2N4O2/c23-17-5-1-15(2-6-17)13-25-19(29)14-28-11-9-22(10-12-28)26-20(21(30)27-22)16-3-7-18(24)8-4-16/h1-8H,9-14H2,(H,25,29)(H,27,30). The predicted molar refractivity (Wildman–Crippen MR) is 108 cm³/mol. The highest BCUT2D eigenvalue weighted by molar-refractivity contribution is 6.46. The van der Waals surface area contributed by atoms with E-state index in [0.717, 1.165) is 5.56 Å². The van der Waals surface area contributed by atoms with E-state index in [4.69, 9.17) is 0 Å². The van der Waals surface area contributed by atoms with E-state index in [1.807, 2.05) is 4.90 Å². The second-order valence-electron chi connectivity index (χ2n) is 7.63. The van der Waals surface area contributed by atoms with Crippen LogP contribution in [0.5, 0.6) is 0 Å². The number of halogens is 2. The minimum absolute atomic E-state index is 0.110. The second-order valence-corrected chi connectivity index (χ2v) is 7.63. The second kappa shape index (κ2) is 8.31. The molecule has 30 heavy (non-hydrogen) atoms. The van der Waals surface area contributed by atoms with Crippen LogP contribution in [-0.2, 0) is 16.1 Å². The van der Waals surface area contributed by atoms with Crippen LogP contribution in [0, 0.1) is 11.6 Å². The molecule has 0 unspecified atom stereocenters. The van der Waals surface area contributed by atoms with E-state index in [1.54, 1.807) is 24.3 Å². The van der Waals surface area contributed by atoms with Crippen molar-refractivity contribution in [1.82, 2.24) is 15.5 Å². The summed E-state index contributed by atoms with van der Waals surface area (Å²) in [6.45, 7) is 1.83. The summed E-state index contributed by atoms with van der Waals surface area (Å²) < 4.78 is 26.1. The van der Waals surface area contributed by atoms with Crippen LogP contribution in [0.3, 0.4) is 0 Å². The maximum Gasteiger partial charge on any atom is 0.272 e. The fourth-order valence-corrected chi connectivity index (χ4v) is 3.75. The average molecular weight is 412 g/mol. The van der Waals surface area contributed by atoms with Crippen molar-refractivity contribution in [3.8, 4) is 0 Å². The summed E-state index contributed by atoms with van der Waals surface area (Å²) in [6, 6.07) is 11.7. The Kier molecular flexibility index (Phi) is 5.59. The first-order valence-corrected chi connectivity index (χ1v) is 9.84. The quantitative estimate of drug-likeness (QED) is 0.789. The Morgan fingerprint density at radius 2 is 1.63 bits per heavy atom. The summed E-state index contributed by atoms with van der Waals surface area (Å²) in [4.78, 5) is 31.3. The molecule has 2 N–H and O–H groups in total. The Balaban J connectivity index is 1.30. The van der Waals surface area contributed by atoms with Crippen LogP contribution in [0.2, 0.25) is 0 Å². The monoisotopic (exact) mass is 412 g/mol. The number of aliphatic imine (C=N–C) groups is 1. The normalized spacial score (nSPS) is 18.2. The van der Waals surface area contributed by atoms with Gasteiger partial charge in [-0.15, -0.1) is 0 Å². The highest BCUT2D eigenvalue weighted by Gasteiger charge is 2.42. The molecule has 0 radical (unpaired) electrons. The van der Waals surface area contributed by atoms with Gasteiger partial charge in [-0.05, 0) is 42.0 Å². The molecule has 1 fully saturated rings. The van der Waals surface area contributed by atoms with Crippen LogP contribution in [0.4, 0.5) is 8.78 Å². The third-order valence-electron chi connectivity index (χ3n) is 5.46. The lowest BCUT2D eigenvalue weighted by Gasteiger charge is -2.36. The lowest BCUT2D eigenvalue weighted by Crippen LogP contribution is -2.52. The molecule has 0 aromatic heterocycles. The summed E-state index contributed by atoms with van der Waals surface area (Å²) in [6.07, 6.45) is 1.18. The topological polar surface area (TPSA) is 73.8 Å². The number of carbonyl (C=O) groups is 2. The van der Waals surface area contributed by atoms with Gasteiger partial charge in [0.2, 0.25) is 5.91 Å². The van der Waals surface area contributed by atoms with E-state index in [2.05, 4.69) is 15.6 Å². The first-order chi connectivity index (χ1) is 14.4. The van der Waals surface area contributed by atoms with E-state index >= 15 is 0 Å². The number of nitrogens with one attached hydrogen (secondary N) is 2. The van der Waals surface area contributed by atoms with Gasteiger partial charge in [0, 0.05) is 38.0 Å². The van der Waals surface area contributed by atoms with Crippen LogP contribution in [0.25, 0.3) is 0 Å². The van der Waals surface area contributed by atoms with Gasteiger partial charge in [0.25, 0.3) is 5.91 Å². The molecule has 4 rings (SSSR count). The maximum atomic E-state index is 13.1. The highest BCUT2D eigenvalue weighted by Crippen LogP contribution is 2.28. The molecule has 1 spiro atoms. The molecule has 1 saturated heterocycles. The lowest BCUT2D eigenvalue weighted by atomic mass is 9.98. The molecule has 2 aromatic carbocycles. The average Bonchev–Trinajstić information content (AvgIpc) is 3.06. The van der Waals surface area contributed by atoms with Gasteiger partial charge in [-0.3, -0.25) is 19.5 Å². The minimum Gasteiger partial charge on any atom is -0.351 e. The number of likely N-dealkylation sites (tertiary alicyclic amines) is 1. The lowest BCUT2D eigenvalue weighted by molar-refractivity contribution is -0.123. The van der Waals surface area contributed by atoms with E-state index in [9.17, 15) is 18.4 Å². The van der Waals surface area contributed by atoms with Crippen molar-refractivity contribution < 1.29 is 18.4 Å². The van der Waals surface area contributed by atoms with Crippen molar-refractivity contribution in [1.29, 1.82) is 0 Å². The first-order valence-electron chi connectivity index (χ1n) is 9.84. The number of benzene rings is 2. The first kappa shape index (κ1) is 20.2. The van der Waals surface area contributed by atoms with Gasteiger partial charge >= 0.3 is 0 Å². The number of amides is 2. The van der Waals surface area contributed by atoms with Crippen molar-refractivity contribution in [3.05, 3.63) is 71.3 Å². The van der Waals surface area contributed by atoms with E-state index in [1.165, 1.54) is 24.3 Å². The minimum atomic E-state index is -0.665. The molecule has 0 saturated carbocycles. The molecule has 2 amide bonds. The molecule has 0 atom stereocenters. The van der Waals surface area contributed by atoms with Crippen molar-refractivity contribution in [2.45, 2.75) is 25.0 Å². The van der Waals surface area contributed by atoms with Crippen LogP contribution < -0.4 is 10.6 Å². The molecule has 0 bridgehead atoms. The number of carbonyl (C=O) groups excluding carboxylic acids is 2. The largest absolute Gasteiger partial charge is 0.351 e. The van der Waals surface area contributed by atoms with Gasteiger partial charge in [-0.2, -0.15) is 0 Å². The molecule has 0 aliphatic carbocycles. The van der Waals surface area contributed by atoms with Gasteiger partial charge < -0.3 is 10.6 Å². The third kappa shape index (κ3) is 4.54. The van der Waals surface area contributed by atoms with Gasteiger partial charge in [0.1, 0.15) is 23.0 Å². The van der Waals surface area contributed by atoms with Crippen molar-refractivity contribution in [3.63, 3.8) is 0 Å². The Morgan fingerprint density at radius 1 is 1.03 bits per heavy atom. The van der Waals surface area contributed by atoms with Crippen molar-refractivity contribution >= 4 is 17.5 Å². The summed E-state index contributed by atoms with van der Waals surface area (Å²) in [7, 11) is 0. The van der Waals surface area contributed by atoms with Gasteiger partial charge in [-0.1, -0.05) is 12.1 Å². The summed E-state index contributed by atoms with van der Waals surface area (Å²) in [5.41, 5.74) is 1.08. The Labute approximate surface area is 173 Å². The summed E-state index contributed by atoms with van der Waals surface area (Å²) in [5, 5.41) is 5.80. The molecule has 156 valence electrons. The van der Waals surface area contributed by atoms with Crippen LogP contribution in [-0.4, -0.2) is 47.7 Å². The van der Waals surface area contributed by atoms with Crippen molar-refractivity contribution in [2.24, 2.45) is 4.99 Å². The molecule has 6 nitrogen and oxygen atoms in total. The Bertz CT molecular complexity index is 966. The molecular weight excluding hydrogens is 390 g/mol. The molecule has 2 heterocycles. The highest BCUT2D eigenvalue weighted by atomic mass is 19.1.